The Kier molecular flexibility index (Phi) is 4.45. The van der Waals surface area contributed by atoms with Gasteiger partial charge in [0.2, 0.25) is 0 Å². The SMILES string of the molecule is Cl.O=C(O)C1CCCN1C(=O)c1cccnc1. The molecule has 0 aromatic carbocycles. The first-order valence-corrected chi connectivity index (χ1v) is 5.14. The lowest BCUT2D eigenvalue weighted by Crippen LogP contribution is -2.40. The predicted molar refractivity (Wildman–Crippen MR) is 63.2 cm³/mol. The van der Waals surface area contributed by atoms with Crippen molar-refractivity contribution >= 4 is 24.3 Å². The summed E-state index contributed by atoms with van der Waals surface area (Å²) < 4.78 is 0. The van der Waals surface area contributed by atoms with E-state index in [1.54, 1.807) is 18.3 Å². The monoisotopic (exact) mass is 256 g/mol. The van der Waals surface area contributed by atoms with Crippen molar-refractivity contribution in [3.8, 4) is 0 Å². The van der Waals surface area contributed by atoms with Crippen molar-refractivity contribution in [2.24, 2.45) is 0 Å². The summed E-state index contributed by atoms with van der Waals surface area (Å²) in [6.07, 6.45) is 4.30. The molecule has 1 aliphatic rings. The summed E-state index contributed by atoms with van der Waals surface area (Å²) in [5.74, 6) is -1.19. The van der Waals surface area contributed by atoms with Crippen molar-refractivity contribution in [1.29, 1.82) is 0 Å². The molecule has 1 N–H and O–H groups in total. The minimum absolute atomic E-state index is 0. The van der Waals surface area contributed by atoms with Gasteiger partial charge in [0.25, 0.3) is 5.91 Å². The van der Waals surface area contributed by atoms with Gasteiger partial charge in [0.1, 0.15) is 6.04 Å². The number of carbonyl (C=O) groups excluding carboxylic acids is 1. The minimum atomic E-state index is -0.935. The van der Waals surface area contributed by atoms with Gasteiger partial charge in [0.15, 0.2) is 0 Å². The third-order valence-corrected chi connectivity index (χ3v) is 2.71. The number of likely N-dealkylation sites (tertiary alicyclic amines) is 1. The fourth-order valence-electron chi connectivity index (χ4n) is 1.92. The molecule has 0 saturated carbocycles. The number of pyridine rings is 1. The lowest BCUT2D eigenvalue weighted by atomic mass is 10.2. The third kappa shape index (κ3) is 2.74. The molecule has 1 fully saturated rings. The maximum atomic E-state index is 12.0. The Morgan fingerprint density at radius 2 is 2.24 bits per heavy atom. The maximum Gasteiger partial charge on any atom is 0.326 e. The van der Waals surface area contributed by atoms with Crippen molar-refractivity contribution < 1.29 is 14.7 Å². The number of carboxylic acid groups (broad SMARTS) is 1. The zero-order chi connectivity index (χ0) is 11.5. The Labute approximate surface area is 105 Å². The smallest absolute Gasteiger partial charge is 0.326 e. The second-order valence-corrected chi connectivity index (χ2v) is 3.74. The van der Waals surface area contributed by atoms with Crippen LogP contribution >= 0.6 is 12.4 Å². The topological polar surface area (TPSA) is 70.5 Å². The van der Waals surface area contributed by atoms with E-state index in [9.17, 15) is 9.59 Å². The summed E-state index contributed by atoms with van der Waals surface area (Å²) in [4.78, 5) is 28.2. The number of carbonyl (C=O) groups is 2. The summed E-state index contributed by atoms with van der Waals surface area (Å²) in [6.45, 7) is 0.505. The Morgan fingerprint density at radius 3 is 2.82 bits per heavy atom. The van der Waals surface area contributed by atoms with Gasteiger partial charge in [-0.3, -0.25) is 9.78 Å². The van der Waals surface area contributed by atoms with Crippen LogP contribution in [0, 0.1) is 0 Å². The lowest BCUT2D eigenvalue weighted by Gasteiger charge is -2.21. The molecule has 6 heteroatoms. The molecule has 17 heavy (non-hydrogen) atoms. The molecule has 92 valence electrons. The summed E-state index contributed by atoms with van der Waals surface area (Å²) in [6, 6.07) is 2.62. The molecule has 1 saturated heterocycles. The highest BCUT2D eigenvalue weighted by Crippen LogP contribution is 2.19. The Balaban J connectivity index is 0.00000144. The van der Waals surface area contributed by atoms with E-state index < -0.39 is 12.0 Å². The number of nitrogens with zero attached hydrogens (tertiary/aromatic N) is 2. The van der Waals surface area contributed by atoms with Gasteiger partial charge >= 0.3 is 5.97 Å². The summed E-state index contributed by atoms with van der Waals surface area (Å²) in [7, 11) is 0. The van der Waals surface area contributed by atoms with Crippen molar-refractivity contribution in [3.63, 3.8) is 0 Å². The number of amides is 1. The molecule has 2 heterocycles. The molecule has 5 nitrogen and oxygen atoms in total. The van der Waals surface area contributed by atoms with Gasteiger partial charge in [-0.15, -0.1) is 12.4 Å². The summed E-state index contributed by atoms with van der Waals surface area (Å²) in [5, 5.41) is 8.97. The van der Waals surface area contributed by atoms with Crippen molar-refractivity contribution in [1.82, 2.24) is 9.88 Å². The molecule has 0 spiro atoms. The zero-order valence-corrected chi connectivity index (χ0v) is 9.89. The Hall–Kier alpha value is -1.62. The largest absolute Gasteiger partial charge is 0.480 e. The number of aliphatic carboxylic acids is 1. The number of hydrogen-bond donors (Lipinski definition) is 1. The number of halogens is 1. The van der Waals surface area contributed by atoms with Crippen LogP contribution < -0.4 is 0 Å². The number of hydrogen-bond acceptors (Lipinski definition) is 3. The van der Waals surface area contributed by atoms with Crippen molar-refractivity contribution in [2.45, 2.75) is 18.9 Å². The van der Waals surface area contributed by atoms with E-state index >= 15 is 0 Å². The first-order chi connectivity index (χ1) is 7.70. The summed E-state index contributed by atoms with van der Waals surface area (Å²) in [5.41, 5.74) is 0.440. The van der Waals surface area contributed by atoms with Crippen LogP contribution in [-0.4, -0.2) is 39.5 Å². The fourth-order valence-corrected chi connectivity index (χ4v) is 1.92. The Morgan fingerprint density at radius 1 is 1.47 bits per heavy atom. The zero-order valence-electron chi connectivity index (χ0n) is 9.07. The third-order valence-electron chi connectivity index (χ3n) is 2.71. The number of rotatable bonds is 2. The van der Waals surface area contributed by atoms with E-state index in [1.807, 2.05) is 0 Å². The molecule has 1 aliphatic heterocycles. The van der Waals surface area contributed by atoms with Crippen LogP contribution in [0.4, 0.5) is 0 Å². The van der Waals surface area contributed by atoms with Gasteiger partial charge in [0.05, 0.1) is 5.56 Å². The average molecular weight is 257 g/mol. The molecule has 1 atom stereocenters. The van der Waals surface area contributed by atoms with Crippen molar-refractivity contribution in [2.75, 3.05) is 6.54 Å². The van der Waals surface area contributed by atoms with Crippen LogP contribution in [0.3, 0.4) is 0 Å². The quantitative estimate of drug-likeness (QED) is 0.863. The summed E-state index contributed by atoms with van der Waals surface area (Å²) >= 11 is 0. The second kappa shape index (κ2) is 5.63. The van der Waals surface area contributed by atoms with Crippen LogP contribution in [0.5, 0.6) is 0 Å². The van der Waals surface area contributed by atoms with Crippen molar-refractivity contribution in [3.05, 3.63) is 30.1 Å². The van der Waals surface area contributed by atoms with Gasteiger partial charge < -0.3 is 10.0 Å². The van der Waals surface area contributed by atoms with Gasteiger partial charge in [-0.2, -0.15) is 0 Å². The standard InChI is InChI=1S/C11H12N2O3.ClH/c14-10(8-3-1-5-12-7-8)13-6-2-4-9(13)11(15)16;/h1,3,5,7,9H,2,4,6H2,(H,15,16);1H. The van der Waals surface area contributed by atoms with Gasteiger partial charge in [-0.05, 0) is 25.0 Å². The fraction of sp³-hybridized carbons (Fsp3) is 0.364. The highest BCUT2D eigenvalue weighted by atomic mass is 35.5. The van der Waals surface area contributed by atoms with Crippen LogP contribution in [0.25, 0.3) is 0 Å². The molecule has 1 amide bonds. The van der Waals surface area contributed by atoms with Gasteiger partial charge in [-0.1, -0.05) is 0 Å². The van der Waals surface area contributed by atoms with Crippen LogP contribution in [0.1, 0.15) is 23.2 Å². The van der Waals surface area contributed by atoms with Crippen LogP contribution in [0.15, 0.2) is 24.5 Å². The van der Waals surface area contributed by atoms with E-state index in [0.717, 1.165) is 6.42 Å². The van der Waals surface area contributed by atoms with Crippen LogP contribution in [-0.2, 0) is 4.79 Å². The Bertz CT molecular complexity index is 410. The van der Waals surface area contributed by atoms with Gasteiger partial charge in [-0.25, -0.2) is 4.79 Å². The first-order valence-electron chi connectivity index (χ1n) is 5.14. The average Bonchev–Trinajstić information content (AvgIpc) is 2.78. The number of carboxylic acids is 1. The molecule has 0 bridgehead atoms. The highest BCUT2D eigenvalue weighted by molar-refractivity contribution is 5.96. The van der Waals surface area contributed by atoms with Crippen LogP contribution in [0.2, 0.25) is 0 Å². The lowest BCUT2D eigenvalue weighted by molar-refractivity contribution is -0.141. The van der Waals surface area contributed by atoms with E-state index in [-0.39, 0.29) is 18.3 Å². The second-order valence-electron chi connectivity index (χ2n) is 3.74. The molecular weight excluding hydrogens is 244 g/mol. The van der Waals surface area contributed by atoms with Gasteiger partial charge in [0, 0.05) is 18.9 Å². The minimum Gasteiger partial charge on any atom is -0.480 e. The molecular formula is C11H13ClN2O3. The van der Waals surface area contributed by atoms with E-state index in [0.29, 0.717) is 18.5 Å². The first kappa shape index (κ1) is 13.4. The maximum absolute atomic E-state index is 12.0. The predicted octanol–water partition coefficient (Wildman–Crippen LogP) is 1.19. The van der Waals surface area contributed by atoms with E-state index in [4.69, 9.17) is 5.11 Å². The van der Waals surface area contributed by atoms with E-state index in [2.05, 4.69) is 4.98 Å². The molecule has 1 aromatic heterocycles. The van der Waals surface area contributed by atoms with E-state index in [1.165, 1.54) is 11.1 Å². The molecule has 1 unspecified atom stereocenters. The molecule has 0 aliphatic carbocycles. The normalized spacial score (nSPS) is 18.6. The molecule has 1 aromatic rings. The molecule has 0 radical (unpaired) electrons. The highest BCUT2D eigenvalue weighted by Gasteiger charge is 2.34. The number of aromatic nitrogens is 1. The molecule has 2 rings (SSSR count).